The van der Waals surface area contributed by atoms with E-state index in [9.17, 15) is 18.0 Å². The first-order valence-electron chi connectivity index (χ1n) is 5.84. The Bertz CT molecular complexity index is 650. The molecule has 0 atom stereocenters. The number of oxazole rings is 1. The number of aromatic nitrogens is 1. The second-order valence-electron chi connectivity index (χ2n) is 3.92. The number of rotatable bonds is 3. The van der Waals surface area contributed by atoms with E-state index in [1.165, 1.54) is 6.92 Å². The zero-order valence-corrected chi connectivity index (χ0v) is 12.9. The number of esters is 1. The summed E-state index contributed by atoms with van der Waals surface area (Å²) in [6.45, 7) is 1.43. The lowest BCUT2D eigenvalue weighted by Gasteiger charge is -2.03. The van der Waals surface area contributed by atoms with Gasteiger partial charge < -0.3 is 9.15 Å². The minimum absolute atomic E-state index is 0.0598. The van der Waals surface area contributed by atoms with Gasteiger partial charge in [0.25, 0.3) is 0 Å². The summed E-state index contributed by atoms with van der Waals surface area (Å²) in [6.07, 6.45) is -4.80. The van der Waals surface area contributed by atoms with Gasteiger partial charge in [0.15, 0.2) is 5.69 Å². The Morgan fingerprint density at radius 2 is 1.95 bits per heavy atom. The molecule has 1 aromatic carbocycles. The summed E-state index contributed by atoms with van der Waals surface area (Å²) in [5.74, 6) is -2.39. The van der Waals surface area contributed by atoms with Crippen molar-refractivity contribution in [2.75, 3.05) is 6.61 Å². The maximum Gasteiger partial charge on any atom is 0.437 e. The van der Waals surface area contributed by atoms with Gasteiger partial charge in [-0.25, -0.2) is 9.78 Å². The zero-order chi connectivity index (χ0) is 15.6. The number of ether oxygens (including phenoxy) is 1. The first-order chi connectivity index (χ1) is 9.82. The highest BCUT2D eigenvalue weighted by atomic mass is 127. The van der Waals surface area contributed by atoms with Crippen LogP contribution in [0.5, 0.6) is 0 Å². The van der Waals surface area contributed by atoms with Crippen LogP contribution in [0.25, 0.3) is 11.5 Å². The number of halogens is 4. The van der Waals surface area contributed by atoms with Crippen molar-refractivity contribution in [3.8, 4) is 11.5 Å². The lowest BCUT2D eigenvalue weighted by Crippen LogP contribution is -2.14. The minimum Gasteiger partial charge on any atom is -0.460 e. The van der Waals surface area contributed by atoms with Crippen molar-refractivity contribution in [3.05, 3.63) is 39.3 Å². The Hall–Kier alpha value is -1.58. The van der Waals surface area contributed by atoms with Crippen LogP contribution in [-0.2, 0) is 10.9 Å². The van der Waals surface area contributed by atoms with Crippen molar-refractivity contribution in [1.82, 2.24) is 4.98 Å². The van der Waals surface area contributed by atoms with Crippen molar-refractivity contribution >= 4 is 28.6 Å². The zero-order valence-electron chi connectivity index (χ0n) is 10.7. The van der Waals surface area contributed by atoms with E-state index in [2.05, 4.69) is 32.3 Å². The molecule has 0 saturated carbocycles. The van der Waals surface area contributed by atoms with Crippen LogP contribution in [0, 0.1) is 3.57 Å². The molecule has 0 aliphatic carbocycles. The molecule has 0 bridgehead atoms. The van der Waals surface area contributed by atoms with Crippen LogP contribution in [0.2, 0.25) is 0 Å². The van der Waals surface area contributed by atoms with Crippen LogP contribution in [0.3, 0.4) is 0 Å². The highest BCUT2D eigenvalue weighted by molar-refractivity contribution is 14.1. The SMILES string of the molecule is CCOC(=O)c1oc(-c2ccc(I)cc2)nc1C(F)(F)F. The molecule has 0 aliphatic rings. The summed E-state index contributed by atoms with van der Waals surface area (Å²) in [5.41, 5.74) is -1.04. The minimum atomic E-state index is -4.80. The number of nitrogens with zero attached hydrogens (tertiary/aromatic N) is 1. The van der Waals surface area contributed by atoms with E-state index in [0.717, 1.165) is 3.57 Å². The maximum absolute atomic E-state index is 12.9. The van der Waals surface area contributed by atoms with Crippen LogP contribution >= 0.6 is 22.6 Å². The van der Waals surface area contributed by atoms with Crippen LogP contribution in [0.1, 0.15) is 23.2 Å². The second kappa shape index (κ2) is 6.04. The molecule has 0 amide bonds. The summed E-state index contributed by atoms with van der Waals surface area (Å²) in [6, 6.07) is 6.50. The molecule has 0 spiro atoms. The first-order valence-corrected chi connectivity index (χ1v) is 6.92. The number of carbonyl (C=O) groups excluding carboxylic acids is 1. The Kier molecular flexibility index (Phi) is 4.55. The van der Waals surface area contributed by atoms with Crippen molar-refractivity contribution in [1.29, 1.82) is 0 Å². The molecule has 0 radical (unpaired) electrons. The van der Waals surface area contributed by atoms with E-state index >= 15 is 0 Å². The first kappa shape index (κ1) is 15.8. The highest BCUT2D eigenvalue weighted by Crippen LogP contribution is 2.34. The molecule has 1 aromatic heterocycles. The van der Waals surface area contributed by atoms with E-state index in [4.69, 9.17) is 4.42 Å². The smallest absolute Gasteiger partial charge is 0.437 e. The Morgan fingerprint density at radius 3 is 2.48 bits per heavy atom. The van der Waals surface area contributed by atoms with Crippen molar-refractivity contribution < 1.29 is 27.1 Å². The monoisotopic (exact) mass is 411 g/mol. The summed E-state index contributed by atoms with van der Waals surface area (Å²) in [4.78, 5) is 14.9. The van der Waals surface area contributed by atoms with Crippen LogP contribution in [0.4, 0.5) is 13.2 Å². The molecule has 0 saturated heterocycles. The normalized spacial score (nSPS) is 11.5. The number of alkyl halides is 3. The fourth-order valence-corrected chi connectivity index (χ4v) is 1.92. The summed E-state index contributed by atoms with van der Waals surface area (Å²) < 4.78 is 49.2. The number of hydrogen-bond acceptors (Lipinski definition) is 4. The lowest BCUT2D eigenvalue weighted by atomic mass is 10.2. The molecule has 21 heavy (non-hydrogen) atoms. The van der Waals surface area contributed by atoms with Gasteiger partial charge in [-0.1, -0.05) is 0 Å². The van der Waals surface area contributed by atoms with E-state index in [0.29, 0.717) is 5.56 Å². The van der Waals surface area contributed by atoms with Gasteiger partial charge in [0.2, 0.25) is 11.7 Å². The average molecular weight is 411 g/mol. The predicted octanol–water partition coefficient (Wildman–Crippen LogP) is 4.14. The molecule has 0 N–H and O–H groups in total. The molecule has 112 valence electrons. The largest absolute Gasteiger partial charge is 0.460 e. The molecule has 8 heteroatoms. The predicted molar refractivity (Wildman–Crippen MR) is 75.6 cm³/mol. The Balaban J connectivity index is 2.50. The molecular weight excluding hydrogens is 402 g/mol. The molecule has 0 fully saturated rings. The van der Waals surface area contributed by atoms with Crippen LogP contribution in [-0.4, -0.2) is 17.6 Å². The fourth-order valence-electron chi connectivity index (χ4n) is 1.56. The third-order valence-electron chi connectivity index (χ3n) is 2.45. The van der Waals surface area contributed by atoms with Crippen LogP contribution < -0.4 is 0 Å². The number of hydrogen-bond donors (Lipinski definition) is 0. The van der Waals surface area contributed by atoms with Gasteiger partial charge in [0.1, 0.15) is 0 Å². The van der Waals surface area contributed by atoms with E-state index in [-0.39, 0.29) is 12.5 Å². The van der Waals surface area contributed by atoms with Crippen molar-refractivity contribution in [3.63, 3.8) is 0 Å². The standard InChI is InChI=1S/C13H9F3INO3/c1-2-20-12(19)9-10(13(14,15)16)18-11(21-9)7-3-5-8(17)6-4-7/h3-6H,2H2,1H3. The van der Waals surface area contributed by atoms with Crippen LogP contribution in [0.15, 0.2) is 28.7 Å². The van der Waals surface area contributed by atoms with Gasteiger partial charge in [0.05, 0.1) is 6.61 Å². The van der Waals surface area contributed by atoms with E-state index < -0.39 is 23.6 Å². The summed E-state index contributed by atoms with van der Waals surface area (Å²) >= 11 is 2.06. The molecule has 0 unspecified atom stereocenters. The molecule has 0 aliphatic heterocycles. The van der Waals surface area contributed by atoms with Gasteiger partial charge in [0, 0.05) is 9.13 Å². The summed E-state index contributed by atoms with van der Waals surface area (Å²) in [7, 11) is 0. The van der Waals surface area contributed by atoms with Gasteiger partial charge in [-0.15, -0.1) is 0 Å². The van der Waals surface area contributed by atoms with Gasteiger partial charge in [-0.3, -0.25) is 0 Å². The molecule has 2 aromatic rings. The van der Waals surface area contributed by atoms with Gasteiger partial charge >= 0.3 is 12.1 Å². The van der Waals surface area contributed by atoms with Crippen molar-refractivity contribution in [2.45, 2.75) is 13.1 Å². The lowest BCUT2D eigenvalue weighted by molar-refractivity contribution is -0.141. The number of carbonyl (C=O) groups is 1. The molecule has 2 rings (SSSR count). The topological polar surface area (TPSA) is 52.3 Å². The number of benzene rings is 1. The highest BCUT2D eigenvalue weighted by Gasteiger charge is 2.41. The molecular formula is C13H9F3INO3. The third kappa shape index (κ3) is 3.55. The van der Waals surface area contributed by atoms with Gasteiger partial charge in [-0.05, 0) is 53.8 Å². The maximum atomic E-state index is 12.9. The van der Waals surface area contributed by atoms with Crippen molar-refractivity contribution in [2.24, 2.45) is 0 Å². The quantitative estimate of drug-likeness (QED) is 0.563. The average Bonchev–Trinajstić information content (AvgIpc) is 2.85. The van der Waals surface area contributed by atoms with E-state index in [1.54, 1.807) is 24.3 Å². The third-order valence-corrected chi connectivity index (χ3v) is 3.17. The fraction of sp³-hybridized carbons (Fsp3) is 0.231. The van der Waals surface area contributed by atoms with Gasteiger partial charge in [-0.2, -0.15) is 13.2 Å². The Morgan fingerprint density at radius 1 is 1.33 bits per heavy atom. The molecule has 1 heterocycles. The molecule has 4 nitrogen and oxygen atoms in total. The summed E-state index contributed by atoms with van der Waals surface area (Å²) in [5, 5.41) is 0. The second-order valence-corrected chi connectivity index (χ2v) is 5.17. The Labute approximate surface area is 131 Å². The van der Waals surface area contributed by atoms with E-state index in [1.807, 2.05) is 0 Å².